The highest BCUT2D eigenvalue weighted by molar-refractivity contribution is 5.85. The first-order valence-electron chi connectivity index (χ1n) is 7.55. The average Bonchev–Trinajstić information content (AvgIpc) is 3.07. The van der Waals surface area contributed by atoms with Crippen LogP contribution in [0, 0.1) is 0 Å². The van der Waals surface area contributed by atoms with E-state index < -0.39 is 0 Å². The number of hydrogen-bond donors (Lipinski definition) is 1. The summed E-state index contributed by atoms with van der Waals surface area (Å²) in [6, 6.07) is 0.238. The zero-order chi connectivity index (χ0) is 14.4. The van der Waals surface area contributed by atoms with Gasteiger partial charge in [0, 0.05) is 38.4 Å². The number of carbonyl (C=O) groups is 1. The summed E-state index contributed by atoms with van der Waals surface area (Å²) in [6.07, 6.45) is 5.90. The third-order valence-electron chi connectivity index (χ3n) is 3.73. The van der Waals surface area contributed by atoms with E-state index in [9.17, 15) is 4.79 Å². The molecule has 0 radical (unpaired) electrons. The quantitative estimate of drug-likeness (QED) is 0.827. The number of halogens is 1. The summed E-state index contributed by atoms with van der Waals surface area (Å²) in [7, 11) is 0. The van der Waals surface area contributed by atoms with Crippen LogP contribution in [-0.2, 0) is 17.6 Å². The number of hydrogen-bond acceptors (Lipinski definition) is 5. The van der Waals surface area contributed by atoms with Gasteiger partial charge in [0.25, 0.3) is 0 Å². The Balaban J connectivity index is 0.00000220. The minimum absolute atomic E-state index is 0. The second-order valence-electron chi connectivity index (χ2n) is 5.33. The largest absolute Gasteiger partial charge is 0.339 e. The summed E-state index contributed by atoms with van der Waals surface area (Å²) in [5.74, 6) is 1.60. The first kappa shape index (κ1) is 17.9. The molecule has 1 unspecified atom stereocenters. The number of carbonyl (C=O) groups excluding carboxylic acids is 1. The van der Waals surface area contributed by atoms with E-state index >= 15 is 0 Å². The van der Waals surface area contributed by atoms with Crippen LogP contribution in [0.25, 0.3) is 0 Å². The van der Waals surface area contributed by atoms with Crippen molar-refractivity contribution in [2.24, 2.45) is 5.73 Å². The van der Waals surface area contributed by atoms with Gasteiger partial charge in [0.1, 0.15) is 0 Å². The molecule has 1 atom stereocenters. The average molecular weight is 317 g/mol. The fourth-order valence-corrected chi connectivity index (χ4v) is 2.66. The maximum absolute atomic E-state index is 12.1. The molecule has 0 saturated carbocycles. The zero-order valence-electron chi connectivity index (χ0n) is 12.6. The minimum Gasteiger partial charge on any atom is -0.339 e. The summed E-state index contributed by atoms with van der Waals surface area (Å²) in [4.78, 5) is 18.3. The molecule has 120 valence electrons. The molecule has 2 heterocycles. The fraction of sp³-hybridized carbons (Fsp3) is 0.786. The molecule has 1 aromatic heterocycles. The Morgan fingerprint density at radius 1 is 1.48 bits per heavy atom. The summed E-state index contributed by atoms with van der Waals surface area (Å²) >= 11 is 0. The zero-order valence-corrected chi connectivity index (χ0v) is 13.4. The van der Waals surface area contributed by atoms with E-state index in [1.165, 1.54) is 0 Å². The molecule has 0 aliphatic carbocycles. The molecule has 6 nitrogen and oxygen atoms in total. The van der Waals surface area contributed by atoms with E-state index in [0.717, 1.165) is 44.5 Å². The van der Waals surface area contributed by atoms with E-state index in [2.05, 4.69) is 17.1 Å². The first-order chi connectivity index (χ1) is 9.74. The topological polar surface area (TPSA) is 85.2 Å². The van der Waals surface area contributed by atoms with Gasteiger partial charge in [0.15, 0.2) is 5.82 Å². The van der Waals surface area contributed by atoms with Gasteiger partial charge in [-0.25, -0.2) is 0 Å². The Morgan fingerprint density at radius 3 is 3.00 bits per heavy atom. The SMILES string of the molecule is CCCc1noc(CCCC(=O)N2CCCC2CN)n1.Cl. The normalized spacial score (nSPS) is 17.8. The van der Waals surface area contributed by atoms with Gasteiger partial charge in [-0.05, 0) is 25.7 Å². The van der Waals surface area contributed by atoms with Crippen LogP contribution in [0.1, 0.15) is 50.7 Å². The van der Waals surface area contributed by atoms with E-state index in [4.69, 9.17) is 10.3 Å². The maximum atomic E-state index is 12.1. The summed E-state index contributed by atoms with van der Waals surface area (Å²) in [5.41, 5.74) is 5.69. The van der Waals surface area contributed by atoms with Crippen LogP contribution in [-0.4, -0.2) is 40.1 Å². The van der Waals surface area contributed by atoms with Crippen molar-refractivity contribution in [3.05, 3.63) is 11.7 Å². The Kier molecular flexibility index (Phi) is 7.67. The molecule has 7 heteroatoms. The number of aromatic nitrogens is 2. The molecular formula is C14H25ClN4O2. The van der Waals surface area contributed by atoms with Crippen molar-refractivity contribution < 1.29 is 9.32 Å². The molecule has 21 heavy (non-hydrogen) atoms. The van der Waals surface area contributed by atoms with Crippen LogP contribution < -0.4 is 5.73 Å². The van der Waals surface area contributed by atoms with Crippen LogP contribution >= 0.6 is 12.4 Å². The van der Waals surface area contributed by atoms with E-state index in [-0.39, 0.29) is 24.4 Å². The Labute approximate surface area is 131 Å². The third-order valence-corrected chi connectivity index (χ3v) is 3.73. The number of amides is 1. The van der Waals surface area contributed by atoms with E-state index in [0.29, 0.717) is 25.3 Å². The lowest BCUT2D eigenvalue weighted by Gasteiger charge is -2.23. The summed E-state index contributed by atoms with van der Waals surface area (Å²) in [5, 5.41) is 3.91. The van der Waals surface area contributed by atoms with Gasteiger partial charge < -0.3 is 15.2 Å². The molecule has 1 aromatic rings. The van der Waals surface area contributed by atoms with Gasteiger partial charge in [-0.3, -0.25) is 4.79 Å². The lowest BCUT2D eigenvalue weighted by Crippen LogP contribution is -2.39. The molecule has 1 aliphatic rings. The summed E-state index contributed by atoms with van der Waals surface area (Å²) in [6.45, 7) is 3.50. The Morgan fingerprint density at radius 2 is 2.29 bits per heavy atom. The predicted molar refractivity (Wildman–Crippen MR) is 82.3 cm³/mol. The van der Waals surface area contributed by atoms with Gasteiger partial charge >= 0.3 is 0 Å². The lowest BCUT2D eigenvalue weighted by molar-refractivity contribution is -0.131. The number of nitrogens with two attached hydrogens (primary N) is 1. The molecule has 1 fully saturated rings. The minimum atomic E-state index is 0. The van der Waals surface area contributed by atoms with Crippen molar-refractivity contribution in [3.63, 3.8) is 0 Å². The van der Waals surface area contributed by atoms with Gasteiger partial charge in [-0.2, -0.15) is 4.98 Å². The molecule has 1 amide bonds. The van der Waals surface area contributed by atoms with Crippen molar-refractivity contribution in [1.29, 1.82) is 0 Å². The summed E-state index contributed by atoms with van der Waals surface area (Å²) < 4.78 is 5.16. The van der Waals surface area contributed by atoms with Gasteiger partial charge in [-0.15, -0.1) is 12.4 Å². The van der Waals surface area contributed by atoms with Crippen LogP contribution in [0.4, 0.5) is 0 Å². The Hall–Kier alpha value is -1.14. The smallest absolute Gasteiger partial charge is 0.226 e. The number of nitrogens with zero attached hydrogens (tertiary/aromatic N) is 3. The fourth-order valence-electron chi connectivity index (χ4n) is 2.66. The molecule has 0 aromatic carbocycles. The predicted octanol–water partition coefficient (Wildman–Crippen LogP) is 1.72. The van der Waals surface area contributed by atoms with Crippen LogP contribution in [0.15, 0.2) is 4.52 Å². The van der Waals surface area contributed by atoms with Gasteiger partial charge in [0.2, 0.25) is 11.8 Å². The van der Waals surface area contributed by atoms with E-state index in [1.54, 1.807) is 0 Å². The highest BCUT2D eigenvalue weighted by atomic mass is 35.5. The van der Waals surface area contributed by atoms with Crippen LogP contribution in [0.5, 0.6) is 0 Å². The lowest BCUT2D eigenvalue weighted by atomic mass is 10.2. The van der Waals surface area contributed by atoms with Crippen molar-refractivity contribution in [3.8, 4) is 0 Å². The van der Waals surface area contributed by atoms with Crippen molar-refractivity contribution in [1.82, 2.24) is 15.0 Å². The number of rotatable bonds is 7. The molecular weight excluding hydrogens is 292 g/mol. The first-order valence-corrected chi connectivity index (χ1v) is 7.55. The monoisotopic (exact) mass is 316 g/mol. The Bertz CT molecular complexity index is 438. The number of aryl methyl sites for hydroxylation is 2. The highest BCUT2D eigenvalue weighted by Crippen LogP contribution is 2.18. The second-order valence-corrected chi connectivity index (χ2v) is 5.33. The maximum Gasteiger partial charge on any atom is 0.226 e. The molecule has 0 bridgehead atoms. The standard InChI is InChI=1S/C14H24N4O2.ClH/c1-2-5-12-16-13(20-17-12)7-3-8-14(19)18-9-4-6-11(18)10-15;/h11H,2-10,15H2,1H3;1H. The second kappa shape index (κ2) is 9.00. The van der Waals surface area contributed by atoms with Crippen molar-refractivity contribution >= 4 is 18.3 Å². The molecule has 2 N–H and O–H groups in total. The highest BCUT2D eigenvalue weighted by Gasteiger charge is 2.26. The molecule has 1 aliphatic heterocycles. The molecule has 0 spiro atoms. The van der Waals surface area contributed by atoms with Crippen LogP contribution in [0.2, 0.25) is 0 Å². The van der Waals surface area contributed by atoms with E-state index in [1.807, 2.05) is 4.90 Å². The molecule has 2 rings (SSSR count). The van der Waals surface area contributed by atoms with Gasteiger partial charge in [-0.1, -0.05) is 12.1 Å². The molecule has 1 saturated heterocycles. The van der Waals surface area contributed by atoms with Gasteiger partial charge in [0.05, 0.1) is 0 Å². The van der Waals surface area contributed by atoms with Crippen LogP contribution in [0.3, 0.4) is 0 Å². The van der Waals surface area contributed by atoms with Crippen molar-refractivity contribution in [2.45, 2.75) is 57.9 Å². The number of likely N-dealkylation sites (tertiary alicyclic amines) is 1. The third kappa shape index (κ3) is 4.97. The van der Waals surface area contributed by atoms with Crippen molar-refractivity contribution in [2.75, 3.05) is 13.1 Å².